The van der Waals surface area contributed by atoms with Crippen LogP contribution in [-0.2, 0) is 11.3 Å². The number of carbonyl (C=O) groups excluding carboxylic acids is 1. The second-order valence-corrected chi connectivity index (χ2v) is 5.11. The van der Waals surface area contributed by atoms with Gasteiger partial charge in [-0.15, -0.1) is 0 Å². The zero-order chi connectivity index (χ0) is 12.9. The third-order valence-electron chi connectivity index (χ3n) is 3.04. The zero-order valence-electron chi connectivity index (χ0n) is 10.8. The predicted octanol–water partition coefficient (Wildman–Crippen LogP) is -0.132. The molecule has 17 heavy (non-hydrogen) atoms. The highest BCUT2D eigenvalue weighted by Crippen LogP contribution is 2.10. The molecule has 1 aromatic carbocycles. The first-order valence-corrected chi connectivity index (χ1v) is 6.04. The van der Waals surface area contributed by atoms with E-state index < -0.39 is 11.4 Å². The van der Waals surface area contributed by atoms with E-state index in [2.05, 4.69) is 19.1 Å². The third-order valence-corrected chi connectivity index (χ3v) is 3.04. The number of quaternary nitrogens is 1. The second-order valence-electron chi connectivity index (χ2n) is 5.11. The summed E-state index contributed by atoms with van der Waals surface area (Å²) in [5.41, 5.74) is 0.457. The number of carboxylic acid groups (broad SMARTS) is 1. The van der Waals surface area contributed by atoms with Gasteiger partial charge >= 0.3 is 0 Å². The lowest BCUT2D eigenvalue weighted by Gasteiger charge is -2.30. The van der Waals surface area contributed by atoms with Crippen LogP contribution in [0.25, 0.3) is 0 Å². The summed E-state index contributed by atoms with van der Waals surface area (Å²) in [5, 5.41) is 11.0. The summed E-state index contributed by atoms with van der Waals surface area (Å²) >= 11 is 0. The Balaban J connectivity index is 2.64. The van der Waals surface area contributed by atoms with E-state index >= 15 is 0 Å². The summed E-state index contributed by atoms with van der Waals surface area (Å²) in [6, 6.07) is 10.1. The van der Waals surface area contributed by atoms with Crippen molar-refractivity contribution in [2.45, 2.75) is 27.3 Å². The van der Waals surface area contributed by atoms with E-state index in [9.17, 15) is 9.90 Å². The van der Waals surface area contributed by atoms with Crippen LogP contribution in [0, 0.1) is 5.41 Å². The van der Waals surface area contributed by atoms with Crippen molar-refractivity contribution < 1.29 is 14.8 Å². The van der Waals surface area contributed by atoms with Crippen molar-refractivity contribution in [1.29, 1.82) is 0 Å². The predicted molar refractivity (Wildman–Crippen MR) is 65.3 cm³/mol. The van der Waals surface area contributed by atoms with Crippen molar-refractivity contribution >= 4 is 5.97 Å². The molecule has 1 atom stereocenters. The van der Waals surface area contributed by atoms with Crippen LogP contribution in [0.3, 0.4) is 0 Å². The van der Waals surface area contributed by atoms with E-state index in [0.29, 0.717) is 6.54 Å². The molecule has 0 aromatic heterocycles. The van der Waals surface area contributed by atoms with Crippen LogP contribution in [0.2, 0.25) is 0 Å². The molecule has 0 saturated carbocycles. The number of aliphatic carboxylic acids is 1. The van der Waals surface area contributed by atoms with Crippen molar-refractivity contribution in [3.05, 3.63) is 35.9 Å². The van der Waals surface area contributed by atoms with Gasteiger partial charge in [-0.25, -0.2) is 0 Å². The number of carbonyl (C=O) groups is 1. The Labute approximate surface area is 103 Å². The highest BCUT2D eigenvalue weighted by molar-refractivity contribution is 5.71. The molecule has 1 rings (SSSR count). The van der Waals surface area contributed by atoms with Crippen molar-refractivity contribution in [1.82, 2.24) is 0 Å². The summed E-state index contributed by atoms with van der Waals surface area (Å²) in [6.45, 7) is 7.87. The molecule has 0 heterocycles. The number of nitrogens with one attached hydrogen (secondary N) is 1. The zero-order valence-corrected chi connectivity index (χ0v) is 10.8. The minimum atomic E-state index is -0.975. The molecule has 0 aliphatic heterocycles. The fraction of sp³-hybridized carbons (Fsp3) is 0.500. The second kappa shape index (κ2) is 5.82. The Morgan fingerprint density at radius 2 is 1.88 bits per heavy atom. The smallest absolute Gasteiger partial charge is 0.103 e. The van der Waals surface area contributed by atoms with Crippen LogP contribution in [0.15, 0.2) is 30.3 Å². The molecule has 0 amide bonds. The average Bonchev–Trinajstić information content (AvgIpc) is 2.29. The SMILES string of the molecule is CC[NH+](Cc1ccccc1)CC(C)(C)C(=O)[O-]. The first kappa shape index (κ1) is 13.7. The lowest BCUT2D eigenvalue weighted by molar-refractivity contribution is -0.917. The minimum Gasteiger partial charge on any atom is -0.549 e. The molecular formula is C14H21NO2. The lowest BCUT2D eigenvalue weighted by Crippen LogP contribution is -3.12. The Morgan fingerprint density at radius 3 is 2.35 bits per heavy atom. The monoisotopic (exact) mass is 235 g/mol. The summed E-state index contributed by atoms with van der Waals surface area (Å²) in [7, 11) is 0. The van der Waals surface area contributed by atoms with Crippen molar-refractivity contribution in [3.63, 3.8) is 0 Å². The summed E-state index contributed by atoms with van der Waals surface area (Å²) in [5.74, 6) is -0.975. The van der Waals surface area contributed by atoms with Crippen molar-refractivity contribution in [2.75, 3.05) is 13.1 Å². The fourth-order valence-electron chi connectivity index (χ4n) is 1.89. The molecule has 0 aliphatic carbocycles. The molecule has 0 aliphatic rings. The molecule has 3 heteroatoms. The van der Waals surface area contributed by atoms with Crippen LogP contribution < -0.4 is 10.0 Å². The Bertz CT molecular complexity index is 360. The molecule has 0 saturated heterocycles. The number of hydrogen-bond acceptors (Lipinski definition) is 2. The lowest BCUT2D eigenvalue weighted by atomic mass is 9.93. The molecular weight excluding hydrogens is 214 g/mol. The maximum Gasteiger partial charge on any atom is 0.103 e. The van der Waals surface area contributed by atoms with E-state index in [0.717, 1.165) is 13.1 Å². The highest BCUT2D eigenvalue weighted by Gasteiger charge is 2.25. The summed E-state index contributed by atoms with van der Waals surface area (Å²) < 4.78 is 0. The van der Waals surface area contributed by atoms with Crippen molar-refractivity contribution in [2.24, 2.45) is 5.41 Å². The van der Waals surface area contributed by atoms with Crippen LogP contribution in [0.1, 0.15) is 26.3 Å². The molecule has 0 fully saturated rings. The number of hydrogen-bond donors (Lipinski definition) is 1. The van der Waals surface area contributed by atoms with Gasteiger partial charge in [-0.05, 0) is 20.8 Å². The van der Waals surface area contributed by atoms with Gasteiger partial charge < -0.3 is 14.8 Å². The normalized spacial score (nSPS) is 13.4. The molecule has 0 radical (unpaired) electrons. The summed E-state index contributed by atoms with van der Waals surface area (Å²) in [4.78, 5) is 12.3. The molecule has 1 N–H and O–H groups in total. The number of rotatable bonds is 6. The quantitative estimate of drug-likeness (QED) is 0.746. The molecule has 0 bridgehead atoms. The van der Waals surface area contributed by atoms with E-state index in [1.807, 2.05) is 18.2 Å². The molecule has 1 unspecified atom stereocenters. The topological polar surface area (TPSA) is 44.6 Å². The van der Waals surface area contributed by atoms with Gasteiger partial charge in [-0.1, -0.05) is 30.3 Å². The first-order chi connectivity index (χ1) is 7.95. The van der Waals surface area contributed by atoms with Gasteiger partial charge in [0.05, 0.1) is 24.5 Å². The van der Waals surface area contributed by atoms with Gasteiger partial charge in [-0.2, -0.15) is 0 Å². The maximum absolute atomic E-state index is 11.0. The van der Waals surface area contributed by atoms with Crippen LogP contribution >= 0.6 is 0 Å². The van der Waals surface area contributed by atoms with Gasteiger partial charge in [-0.3, -0.25) is 0 Å². The van der Waals surface area contributed by atoms with Crippen molar-refractivity contribution in [3.8, 4) is 0 Å². The van der Waals surface area contributed by atoms with Crippen LogP contribution in [0.5, 0.6) is 0 Å². The molecule has 1 aromatic rings. The third kappa shape index (κ3) is 4.19. The van der Waals surface area contributed by atoms with Crippen LogP contribution in [-0.4, -0.2) is 19.1 Å². The van der Waals surface area contributed by atoms with E-state index in [1.54, 1.807) is 13.8 Å². The Morgan fingerprint density at radius 1 is 1.29 bits per heavy atom. The van der Waals surface area contributed by atoms with Gasteiger partial charge in [0.25, 0.3) is 0 Å². The standard InChI is InChI=1S/C14H21NO2/c1-4-15(11-14(2,3)13(16)17)10-12-8-6-5-7-9-12/h5-9H,4,10-11H2,1-3H3,(H,16,17). The largest absolute Gasteiger partial charge is 0.549 e. The average molecular weight is 235 g/mol. The number of carboxylic acids is 1. The summed E-state index contributed by atoms with van der Waals surface area (Å²) in [6.07, 6.45) is 0. The first-order valence-electron chi connectivity index (χ1n) is 6.04. The van der Waals surface area contributed by atoms with E-state index in [4.69, 9.17) is 0 Å². The fourth-order valence-corrected chi connectivity index (χ4v) is 1.89. The molecule has 3 nitrogen and oxygen atoms in total. The Hall–Kier alpha value is -1.35. The molecule has 0 spiro atoms. The van der Waals surface area contributed by atoms with Crippen LogP contribution in [0.4, 0.5) is 0 Å². The minimum absolute atomic E-state index is 0.584. The number of benzene rings is 1. The van der Waals surface area contributed by atoms with E-state index in [1.165, 1.54) is 10.5 Å². The maximum atomic E-state index is 11.0. The van der Waals surface area contributed by atoms with Gasteiger partial charge in [0, 0.05) is 5.56 Å². The van der Waals surface area contributed by atoms with Gasteiger partial charge in [0.15, 0.2) is 0 Å². The van der Waals surface area contributed by atoms with E-state index in [-0.39, 0.29) is 0 Å². The van der Waals surface area contributed by atoms with Gasteiger partial charge in [0.2, 0.25) is 0 Å². The molecule has 94 valence electrons. The van der Waals surface area contributed by atoms with Gasteiger partial charge in [0.1, 0.15) is 6.54 Å². The highest BCUT2D eigenvalue weighted by atomic mass is 16.4. The Kier molecular flexibility index (Phi) is 4.70.